The van der Waals surface area contributed by atoms with Gasteiger partial charge in [-0.2, -0.15) is 0 Å². The SMILES string of the molecule is Cc1c(-c2ncco2)sc2c1c(=O)n(C(C)(C)C(=O)O)c(=O)n2C[C@H](OC1CCOCC1)c1ccccc1Cl. The zero-order chi connectivity index (χ0) is 27.9. The molecule has 3 aromatic heterocycles. The molecule has 0 unspecified atom stereocenters. The number of benzene rings is 1. The van der Waals surface area contributed by atoms with Gasteiger partial charge in [0.1, 0.15) is 22.7 Å². The molecule has 12 heteroatoms. The van der Waals surface area contributed by atoms with Crippen molar-refractivity contribution in [2.45, 2.75) is 57.9 Å². The molecule has 0 radical (unpaired) electrons. The second kappa shape index (κ2) is 10.7. The van der Waals surface area contributed by atoms with E-state index in [-0.39, 0.29) is 18.0 Å². The van der Waals surface area contributed by atoms with Crippen molar-refractivity contribution in [3.05, 3.63) is 73.7 Å². The summed E-state index contributed by atoms with van der Waals surface area (Å²) in [5, 5.41) is 10.7. The van der Waals surface area contributed by atoms with Crippen LogP contribution < -0.4 is 11.2 Å². The second-order valence-electron chi connectivity index (χ2n) is 9.93. The molecular weight excluding hydrogens is 546 g/mol. The zero-order valence-corrected chi connectivity index (χ0v) is 23.3. The van der Waals surface area contributed by atoms with Crippen LogP contribution in [0.5, 0.6) is 0 Å². The summed E-state index contributed by atoms with van der Waals surface area (Å²) < 4.78 is 19.7. The summed E-state index contributed by atoms with van der Waals surface area (Å²) in [7, 11) is 0. The van der Waals surface area contributed by atoms with Crippen LogP contribution in [0, 0.1) is 6.92 Å². The van der Waals surface area contributed by atoms with E-state index in [1.165, 1.54) is 42.2 Å². The molecule has 0 amide bonds. The van der Waals surface area contributed by atoms with E-state index in [4.69, 9.17) is 25.5 Å². The lowest BCUT2D eigenvalue weighted by Gasteiger charge is -2.30. The molecule has 0 bridgehead atoms. The lowest BCUT2D eigenvalue weighted by atomic mass is 10.1. The smallest absolute Gasteiger partial charge is 0.333 e. The summed E-state index contributed by atoms with van der Waals surface area (Å²) >= 11 is 7.77. The van der Waals surface area contributed by atoms with Gasteiger partial charge in [-0.25, -0.2) is 19.1 Å². The molecule has 1 fully saturated rings. The Bertz CT molecular complexity index is 1630. The Hall–Kier alpha value is -3.25. The number of rotatable bonds is 8. The zero-order valence-electron chi connectivity index (χ0n) is 21.7. The van der Waals surface area contributed by atoms with Crippen LogP contribution in [-0.4, -0.2) is 44.5 Å². The number of halogens is 1. The first-order valence-electron chi connectivity index (χ1n) is 12.5. The van der Waals surface area contributed by atoms with Gasteiger partial charge in [0, 0.05) is 23.8 Å². The highest BCUT2D eigenvalue weighted by atomic mass is 35.5. The topological polar surface area (TPSA) is 126 Å². The Morgan fingerprint density at radius 1 is 1.28 bits per heavy atom. The normalized spacial score (nSPS) is 15.6. The first-order valence-corrected chi connectivity index (χ1v) is 13.7. The molecule has 0 saturated carbocycles. The average Bonchev–Trinajstić information content (AvgIpc) is 3.55. The van der Waals surface area contributed by atoms with Crippen molar-refractivity contribution in [3.63, 3.8) is 0 Å². The largest absolute Gasteiger partial charge is 0.480 e. The van der Waals surface area contributed by atoms with E-state index in [0.717, 1.165) is 4.57 Å². The molecule has 0 spiro atoms. The molecule has 1 atom stereocenters. The summed E-state index contributed by atoms with van der Waals surface area (Å²) in [6.45, 7) is 5.51. The summed E-state index contributed by atoms with van der Waals surface area (Å²) in [4.78, 5) is 45.2. The minimum Gasteiger partial charge on any atom is -0.480 e. The number of carboxylic acid groups (broad SMARTS) is 1. The van der Waals surface area contributed by atoms with E-state index >= 15 is 0 Å². The highest BCUT2D eigenvalue weighted by Gasteiger charge is 2.36. The number of oxazole rings is 1. The number of aryl methyl sites for hydroxylation is 1. The molecule has 1 aromatic carbocycles. The Labute approximate surface area is 232 Å². The number of aromatic nitrogens is 3. The number of fused-ring (bicyclic) bond motifs is 1. The molecule has 39 heavy (non-hydrogen) atoms. The van der Waals surface area contributed by atoms with E-state index in [0.29, 0.717) is 57.8 Å². The highest BCUT2D eigenvalue weighted by Crippen LogP contribution is 2.37. The third-order valence-electron chi connectivity index (χ3n) is 7.05. The first kappa shape index (κ1) is 27.3. The van der Waals surface area contributed by atoms with Crippen LogP contribution in [0.15, 0.2) is 50.7 Å². The summed E-state index contributed by atoms with van der Waals surface area (Å²) in [6.07, 6.45) is 3.50. The lowest BCUT2D eigenvalue weighted by molar-refractivity contribution is -0.146. The minimum atomic E-state index is -1.82. The number of carboxylic acids is 1. The Kier molecular flexibility index (Phi) is 7.51. The van der Waals surface area contributed by atoms with Gasteiger partial charge in [0.25, 0.3) is 5.56 Å². The number of hydrogen-bond acceptors (Lipinski definition) is 8. The van der Waals surface area contributed by atoms with Gasteiger partial charge < -0.3 is 19.0 Å². The van der Waals surface area contributed by atoms with Crippen LogP contribution in [0.3, 0.4) is 0 Å². The van der Waals surface area contributed by atoms with Gasteiger partial charge in [0.15, 0.2) is 0 Å². The molecule has 1 aliphatic heterocycles. The monoisotopic (exact) mass is 573 g/mol. The maximum absolute atomic E-state index is 14.0. The predicted molar refractivity (Wildman–Crippen MR) is 147 cm³/mol. The van der Waals surface area contributed by atoms with Crippen LogP contribution in [0.4, 0.5) is 0 Å². The van der Waals surface area contributed by atoms with E-state index in [1.807, 2.05) is 18.2 Å². The third-order valence-corrected chi connectivity index (χ3v) is 8.69. The van der Waals surface area contributed by atoms with Crippen molar-refractivity contribution in [1.82, 2.24) is 14.1 Å². The van der Waals surface area contributed by atoms with Crippen LogP contribution in [0.1, 0.15) is 43.9 Å². The molecule has 1 N–H and O–H groups in total. The molecule has 4 aromatic rings. The highest BCUT2D eigenvalue weighted by molar-refractivity contribution is 7.22. The van der Waals surface area contributed by atoms with E-state index in [1.54, 1.807) is 13.0 Å². The van der Waals surface area contributed by atoms with Gasteiger partial charge in [-0.1, -0.05) is 29.8 Å². The molecule has 1 saturated heterocycles. The van der Waals surface area contributed by atoms with Crippen molar-refractivity contribution in [3.8, 4) is 10.8 Å². The van der Waals surface area contributed by atoms with E-state index < -0.39 is 28.9 Å². The van der Waals surface area contributed by atoms with Gasteiger partial charge in [-0.15, -0.1) is 11.3 Å². The van der Waals surface area contributed by atoms with Crippen LogP contribution >= 0.6 is 22.9 Å². The number of aliphatic carboxylic acids is 1. The Morgan fingerprint density at radius 2 is 2.00 bits per heavy atom. The molecule has 10 nitrogen and oxygen atoms in total. The summed E-state index contributed by atoms with van der Waals surface area (Å²) in [5.41, 5.74) is -2.03. The van der Waals surface area contributed by atoms with Crippen molar-refractivity contribution >= 4 is 39.1 Å². The molecule has 206 valence electrons. The van der Waals surface area contributed by atoms with Crippen molar-refractivity contribution in [1.29, 1.82) is 0 Å². The molecular formula is C27H28ClN3O7S. The van der Waals surface area contributed by atoms with Gasteiger partial charge >= 0.3 is 11.7 Å². The molecule has 5 rings (SSSR count). The third kappa shape index (κ3) is 4.95. The van der Waals surface area contributed by atoms with Gasteiger partial charge in [0.05, 0.1) is 29.1 Å². The summed E-state index contributed by atoms with van der Waals surface area (Å²) in [6, 6.07) is 7.23. The first-order chi connectivity index (χ1) is 18.6. The Morgan fingerprint density at radius 3 is 2.64 bits per heavy atom. The van der Waals surface area contributed by atoms with E-state index in [9.17, 15) is 19.5 Å². The van der Waals surface area contributed by atoms with Gasteiger partial charge in [-0.05, 0) is 45.2 Å². The van der Waals surface area contributed by atoms with Gasteiger partial charge in [-0.3, -0.25) is 9.36 Å². The van der Waals surface area contributed by atoms with Crippen LogP contribution in [0.2, 0.25) is 5.02 Å². The fourth-order valence-corrected chi connectivity index (χ4v) is 6.30. The average molecular weight is 574 g/mol. The standard InChI is InChI=1S/C27H28ClN3O7S/c1-15-20-23(32)31(27(2,3)25(33)34)26(35)30(24(20)39-21(15)22-29-10-13-37-22)14-19(17-6-4-5-7-18(17)28)38-16-8-11-36-12-9-16/h4-7,10,13,16,19H,8-9,11-12,14H2,1-3H3,(H,33,34)/t19-/m0/s1. The fraction of sp³-hybridized carbons (Fsp3) is 0.407. The number of hydrogen-bond donors (Lipinski definition) is 1. The number of carbonyl (C=O) groups is 1. The van der Waals surface area contributed by atoms with Gasteiger partial charge in [0.2, 0.25) is 5.89 Å². The number of thiophene rings is 1. The van der Waals surface area contributed by atoms with Crippen molar-refractivity contribution < 1.29 is 23.8 Å². The van der Waals surface area contributed by atoms with E-state index in [2.05, 4.69) is 4.98 Å². The Balaban J connectivity index is 1.75. The van der Waals surface area contributed by atoms with Crippen molar-refractivity contribution in [2.24, 2.45) is 0 Å². The quantitative estimate of drug-likeness (QED) is 0.324. The van der Waals surface area contributed by atoms with Crippen LogP contribution in [0.25, 0.3) is 21.0 Å². The minimum absolute atomic E-state index is 0.00260. The fourth-order valence-electron chi connectivity index (χ4n) is 4.80. The molecule has 0 aliphatic carbocycles. The second-order valence-corrected chi connectivity index (χ2v) is 11.3. The number of nitrogens with zero attached hydrogens (tertiary/aromatic N) is 3. The maximum Gasteiger partial charge on any atom is 0.333 e. The maximum atomic E-state index is 14.0. The number of ether oxygens (including phenoxy) is 2. The van der Waals surface area contributed by atoms with Crippen molar-refractivity contribution in [2.75, 3.05) is 13.2 Å². The van der Waals surface area contributed by atoms with Crippen LogP contribution in [-0.2, 0) is 26.4 Å². The molecule has 4 heterocycles. The summed E-state index contributed by atoms with van der Waals surface area (Å²) in [5.74, 6) is -1.01. The lowest BCUT2D eigenvalue weighted by Crippen LogP contribution is -2.52. The molecule has 1 aliphatic rings. The predicted octanol–water partition coefficient (Wildman–Crippen LogP) is 4.60.